The number of nitrogens with zero attached hydrogens (tertiary/aromatic N) is 2. The van der Waals surface area contributed by atoms with Crippen molar-refractivity contribution in [2.75, 3.05) is 4.90 Å². The monoisotopic (exact) mass is 764 g/mol. The smallest absolute Gasteiger partial charge is 0.0546 e. The zero-order chi connectivity index (χ0) is 39.6. The summed E-state index contributed by atoms with van der Waals surface area (Å²) in [5.74, 6) is 0. The normalized spacial score (nSPS) is 12.5. The topological polar surface area (TPSA) is 8.17 Å². The Hall–Kier alpha value is -7.68. The quantitative estimate of drug-likeness (QED) is 0.153. The zero-order valence-corrected chi connectivity index (χ0v) is 33.1. The molecule has 0 atom stereocenters. The number of aryl methyl sites for hydroxylation is 1. The number of para-hydroxylation sites is 1. The van der Waals surface area contributed by atoms with Gasteiger partial charge in [-0.3, -0.25) is 0 Å². The number of allylic oxidation sites excluding steroid dienone is 1. The van der Waals surface area contributed by atoms with Crippen molar-refractivity contribution in [3.05, 3.63) is 224 Å². The van der Waals surface area contributed by atoms with E-state index in [1.54, 1.807) is 0 Å². The SMILES string of the molecule is C1=Cc2c(c3c4ccccc4ccc3n2-c2cc(-c3ccccc3)cc(N(c3ccccc3-c3ccccc3)c3cc4c5ccccc5ccc4c4ccccc34)c2)CC1. The van der Waals surface area contributed by atoms with Crippen molar-refractivity contribution in [3.8, 4) is 27.9 Å². The van der Waals surface area contributed by atoms with Crippen LogP contribution in [0.4, 0.5) is 17.1 Å². The first-order valence-electron chi connectivity index (χ1n) is 21.0. The Morgan fingerprint density at radius 1 is 0.417 bits per heavy atom. The third kappa shape index (κ3) is 5.49. The highest BCUT2D eigenvalue weighted by atomic mass is 15.2. The van der Waals surface area contributed by atoms with E-state index in [1.165, 1.54) is 81.9 Å². The van der Waals surface area contributed by atoms with Crippen LogP contribution in [-0.2, 0) is 6.42 Å². The molecule has 0 fully saturated rings. The van der Waals surface area contributed by atoms with E-state index in [0.717, 1.165) is 41.2 Å². The molecule has 60 heavy (non-hydrogen) atoms. The molecule has 1 heterocycles. The van der Waals surface area contributed by atoms with Gasteiger partial charge in [0.1, 0.15) is 0 Å². The summed E-state index contributed by atoms with van der Waals surface area (Å²) in [4.78, 5) is 2.53. The molecule has 2 nitrogen and oxygen atoms in total. The predicted molar refractivity (Wildman–Crippen MR) is 256 cm³/mol. The molecule has 2 heteroatoms. The molecule has 11 aromatic rings. The van der Waals surface area contributed by atoms with E-state index < -0.39 is 0 Å². The Bertz CT molecular complexity index is 3480. The molecule has 12 rings (SSSR count). The van der Waals surface area contributed by atoms with Crippen LogP contribution in [0.1, 0.15) is 17.7 Å². The highest BCUT2D eigenvalue weighted by molar-refractivity contribution is 6.22. The second kappa shape index (κ2) is 14.0. The van der Waals surface area contributed by atoms with Crippen molar-refractivity contribution in [1.29, 1.82) is 0 Å². The highest BCUT2D eigenvalue weighted by Gasteiger charge is 2.25. The summed E-state index contributed by atoms with van der Waals surface area (Å²) < 4.78 is 2.52. The van der Waals surface area contributed by atoms with Gasteiger partial charge in [0.15, 0.2) is 0 Å². The highest BCUT2D eigenvalue weighted by Crippen LogP contribution is 2.48. The first kappa shape index (κ1) is 34.4. The summed E-state index contributed by atoms with van der Waals surface area (Å²) in [5, 5.41) is 11.4. The molecule has 0 saturated carbocycles. The average molecular weight is 765 g/mol. The molecule has 10 aromatic carbocycles. The van der Waals surface area contributed by atoms with Crippen LogP contribution in [0, 0.1) is 0 Å². The molecule has 0 spiro atoms. The van der Waals surface area contributed by atoms with Gasteiger partial charge in [-0.2, -0.15) is 0 Å². The minimum absolute atomic E-state index is 1.02. The number of anilines is 3. The second-order valence-corrected chi connectivity index (χ2v) is 16.0. The van der Waals surface area contributed by atoms with Gasteiger partial charge >= 0.3 is 0 Å². The fourth-order valence-electron chi connectivity index (χ4n) is 9.90. The van der Waals surface area contributed by atoms with Crippen LogP contribution in [0.25, 0.3) is 88.0 Å². The third-order valence-electron chi connectivity index (χ3n) is 12.6. The first-order valence-corrected chi connectivity index (χ1v) is 21.0. The van der Waals surface area contributed by atoms with Crippen LogP contribution in [0.3, 0.4) is 0 Å². The summed E-state index contributed by atoms with van der Waals surface area (Å²) in [7, 11) is 0. The Morgan fingerprint density at radius 3 is 1.87 bits per heavy atom. The molecule has 1 aliphatic rings. The lowest BCUT2D eigenvalue weighted by Gasteiger charge is -2.31. The van der Waals surface area contributed by atoms with Crippen molar-refractivity contribution in [1.82, 2.24) is 4.57 Å². The Morgan fingerprint density at radius 2 is 1.05 bits per heavy atom. The summed E-state index contributed by atoms with van der Waals surface area (Å²) in [6.45, 7) is 0. The number of rotatable bonds is 6. The molecular formula is C58H40N2. The van der Waals surface area contributed by atoms with E-state index >= 15 is 0 Å². The molecular weight excluding hydrogens is 725 g/mol. The number of hydrogen-bond acceptors (Lipinski definition) is 1. The largest absolute Gasteiger partial charge is 0.309 e. The van der Waals surface area contributed by atoms with Crippen molar-refractivity contribution in [3.63, 3.8) is 0 Å². The van der Waals surface area contributed by atoms with Crippen LogP contribution >= 0.6 is 0 Å². The number of benzene rings is 10. The summed E-state index contributed by atoms with van der Waals surface area (Å²) in [6, 6.07) is 76.0. The maximum absolute atomic E-state index is 2.53. The van der Waals surface area contributed by atoms with E-state index in [1.807, 2.05) is 0 Å². The van der Waals surface area contributed by atoms with Gasteiger partial charge in [0.2, 0.25) is 0 Å². The van der Waals surface area contributed by atoms with Crippen LogP contribution in [-0.4, -0.2) is 4.57 Å². The maximum Gasteiger partial charge on any atom is 0.0546 e. The standard InChI is InChI=1S/C58H40N2/c1-3-17-39(18-4-1)43-35-44(59-55-30-16-14-28-52(55)58-48-25-10-8-22-42(48)32-34-56(58)59)37-45(36-43)60(54-29-15-13-24-47(54)40-19-5-2-6-20-40)57-38-53-46-23-9-7-21-41(46)31-33-50(53)49-26-11-12-27-51(49)57/h1-13,15-27,29-38H,14,28H2. The molecule has 0 saturated heterocycles. The lowest BCUT2D eigenvalue weighted by atomic mass is 9.94. The number of fused-ring (bicyclic) bond motifs is 10. The van der Waals surface area contributed by atoms with Gasteiger partial charge in [0, 0.05) is 33.4 Å². The number of aromatic nitrogens is 1. The van der Waals surface area contributed by atoms with E-state index in [0.29, 0.717) is 0 Å². The fraction of sp³-hybridized carbons (Fsp3) is 0.0345. The van der Waals surface area contributed by atoms with Crippen molar-refractivity contribution >= 4 is 77.1 Å². The Kier molecular flexibility index (Phi) is 8.02. The summed E-state index contributed by atoms with van der Waals surface area (Å²) in [5.41, 5.74) is 13.1. The molecule has 0 radical (unpaired) electrons. The van der Waals surface area contributed by atoms with Gasteiger partial charge in [-0.05, 0) is 115 Å². The van der Waals surface area contributed by atoms with Crippen LogP contribution in [0.2, 0.25) is 0 Å². The molecule has 282 valence electrons. The lowest BCUT2D eigenvalue weighted by molar-refractivity contribution is 0.968. The predicted octanol–water partition coefficient (Wildman–Crippen LogP) is 16.0. The van der Waals surface area contributed by atoms with E-state index in [4.69, 9.17) is 0 Å². The van der Waals surface area contributed by atoms with Gasteiger partial charge in [-0.25, -0.2) is 0 Å². The van der Waals surface area contributed by atoms with Crippen LogP contribution < -0.4 is 4.90 Å². The molecule has 0 amide bonds. The molecule has 0 bridgehead atoms. The molecule has 0 N–H and O–H groups in total. The van der Waals surface area contributed by atoms with Crippen molar-refractivity contribution in [2.45, 2.75) is 12.8 Å². The Labute approximate surface area is 349 Å². The number of hydrogen-bond donors (Lipinski definition) is 0. The van der Waals surface area contributed by atoms with Gasteiger partial charge in [0.25, 0.3) is 0 Å². The fourth-order valence-corrected chi connectivity index (χ4v) is 9.90. The van der Waals surface area contributed by atoms with E-state index in [9.17, 15) is 0 Å². The second-order valence-electron chi connectivity index (χ2n) is 16.0. The first-order chi connectivity index (χ1) is 29.8. The van der Waals surface area contributed by atoms with Gasteiger partial charge in [-0.15, -0.1) is 0 Å². The summed E-state index contributed by atoms with van der Waals surface area (Å²) >= 11 is 0. The maximum atomic E-state index is 2.53. The van der Waals surface area contributed by atoms with Gasteiger partial charge in [-0.1, -0.05) is 176 Å². The van der Waals surface area contributed by atoms with Crippen LogP contribution in [0.5, 0.6) is 0 Å². The molecule has 1 aromatic heterocycles. The van der Waals surface area contributed by atoms with Gasteiger partial charge < -0.3 is 9.47 Å². The Balaban J connectivity index is 1.22. The van der Waals surface area contributed by atoms with Crippen molar-refractivity contribution < 1.29 is 0 Å². The molecule has 0 aliphatic heterocycles. The summed E-state index contributed by atoms with van der Waals surface area (Å²) in [6.07, 6.45) is 6.75. The van der Waals surface area contributed by atoms with Crippen molar-refractivity contribution in [2.24, 2.45) is 0 Å². The van der Waals surface area contributed by atoms with Gasteiger partial charge in [0.05, 0.1) is 16.9 Å². The minimum Gasteiger partial charge on any atom is -0.309 e. The molecule has 1 aliphatic carbocycles. The average Bonchev–Trinajstić information content (AvgIpc) is 3.67. The minimum atomic E-state index is 1.02. The van der Waals surface area contributed by atoms with E-state index in [2.05, 4.69) is 228 Å². The lowest BCUT2D eigenvalue weighted by Crippen LogP contribution is -2.13. The van der Waals surface area contributed by atoms with Crippen LogP contribution in [0.15, 0.2) is 212 Å². The zero-order valence-electron chi connectivity index (χ0n) is 33.1. The third-order valence-corrected chi connectivity index (χ3v) is 12.6. The van der Waals surface area contributed by atoms with E-state index in [-0.39, 0.29) is 0 Å². The molecule has 0 unspecified atom stereocenters.